The highest BCUT2D eigenvalue weighted by Gasteiger charge is 2.14. The number of benzene rings is 1. The summed E-state index contributed by atoms with van der Waals surface area (Å²) < 4.78 is 19.1. The van der Waals surface area contributed by atoms with Gasteiger partial charge in [-0.3, -0.25) is 0 Å². The Morgan fingerprint density at radius 3 is 2.79 bits per heavy atom. The van der Waals surface area contributed by atoms with Gasteiger partial charge in [-0.2, -0.15) is 11.8 Å². The maximum atomic E-state index is 14.1. The van der Waals surface area contributed by atoms with Crippen LogP contribution in [0, 0.1) is 5.82 Å². The summed E-state index contributed by atoms with van der Waals surface area (Å²) in [4.78, 5) is 0. The van der Waals surface area contributed by atoms with Gasteiger partial charge in [0.15, 0.2) is 11.6 Å². The molecule has 1 aromatic rings. The Kier molecular flexibility index (Phi) is 7.91. The van der Waals surface area contributed by atoms with Crippen molar-refractivity contribution in [3.8, 4) is 5.75 Å². The molecule has 0 aromatic heterocycles. The normalized spacial score (nSPS) is 12.4. The molecule has 0 aliphatic rings. The van der Waals surface area contributed by atoms with Crippen LogP contribution < -0.4 is 10.1 Å². The molecule has 0 heterocycles. The van der Waals surface area contributed by atoms with E-state index in [1.807, 2.05) is 23.9 Å². The third-order valence-electron chi connectivity index (χ3n) is 2.94. The van der Waals surface area contributed by atoms with Crippen LogP contribution in [-0.2, 0) is 6.42 Å². The van der Waals surface area contributed by atoms with E-state index >= 15 is 0 Å². The maximum absolute atomic E-state index is 14.1. The van der Waals surface area contributed by atoms with Gasteiger partial charge in [0, 0.05) is 11.8 Å². The lowest BCUT2D eigenvalue weighted by atomic mass is 10.1. The summed E-state index contributed by atoms with van der Waals surface area (Å²) in [5.41, 5.74) is 0.727. The molecule has 1 N–H and O–H groups in total. The Balaban J connectivity index is 2.71. The van der Waals surface area contributed by atoms with Gasteiger partial charge in [0.1, 0.15) is 0 Å². The van der Waals surface area contributed by atoms with Crippen LogP contribution in [0.3, 0.4) is 0 Å². The number of methoxy groups -OCH3 is 1. The molecular weight excluding hydrogens is 261 g/mol. The number of hydrogen-bond donors (Lipinski definition) is 1. The van der Waals surface area contributed by atoms with Crippen molar-refractivity contribution in [2.45, 2.75) is 32.7 Å². The molecule has 0 fully saturated rings. The average molecular weight is 285 g/mol. The molecule has 0 bridgehead atoms. The summed E-state index contributed by atoms with van der Waals surface area (Å²) in [6, 6.07) is 5.66. The zero-order valence-electron chi connectivity index (χ0n) is 12.0. The highest BCUT2D eigenvalue weighted by molar-refractivity contribution is 7.99. The quantitative estimate of drug-likeness (QED) is 0.750. The van der Waals surface area contributed by atoms with Crippen LogP contribution in [0.1, 0.15) is 25.8 Å². The van der Waals surface area contributed by atoms with E-state index in [1.165, 1.54) is 7.11 Å². The Morgan fingerprint density at radius 1 is 1.37 bits per heavy atom. The van der Waals surface area contributed by atoms with E-state index in [1.54, 1.807) is 6.07 Å². The molecule has 0 radical (unpaired) electrons. The Labute approximate surface area is 120 Å². The van der Waals surface area contributed by atoms with E-state index in [4.69, 9.17) is 4.74 Å². The summed E-state index contributed by atoms with van der Waals surface area (Å²) in [6.45, 7) is 5.26. The van der Waals surface area contributed by atoms with Gasteiger partial charge in [0.25, 0.3) is 0 Å². The number of ether oxygens (including phenoxy) is 1. The summed E-state index contributed by atoms with van der Waals surface area (Å²) in [5.74, 6) is 2.20. The van der Waals surface area contributed by atoms with Crippen LogP contribution >= 0.6 is 11.8 Å². The number of thioether (sulfide) groups is 1. The number of rotatable bonds is 9. The fourth-order valence-corrected chi connectivity index (χ4v) is 2.69. The van der Waals surface area contributed by atoms with E-state index in [-0.39, 0.29) is 5.82 Å². The van der Waals surface area contributed by atoms with Gasteiger partial charge in [-0.15, -0.1) is 0 Å². The number of hydrogen-bond acceptors (Lipinski definition) is 3. The first-order valence-corrected chi connectivity index (χ1v) is 8.00. The minimum absolute atomic E-state index is 0.227. The second-order valence-corrected chi connectivity index (χ2v) is 5.77. The lowest BCUT2D eigenvalue weighted by Gasteiger charge is -2.19. The van der Waals surface area contributed by atoms with Crippen molar-refractivity contribution < 1.29 is 9.13 Å². The van der Waals surface area contributed by atoms with Crippen molar-refractivity contribution >= 4 is 11.8 Å². The third-order valence-corrected chi connectivity index (χ3v) is 3.98. The minimum atomic E-state index is -0.227. The molecule has 4 heteroatoms. The maximum Gasteiger partial charge on any atom is 0.168 e. The number of halogens is 1. The van der Waals surface area contributed by atoms with Crippen molar-refractivity contribution in [1.29, 1.82) is 0 Å². The SMILES string of the molecule is CCCNC(CSCC)Cc1cccc(OC)c1F. The van der Waals surface area contributed by atoms with Crippen molar-refractivity contribution in [3.63, 3.8) is 0 Å². The summed E-state index contributed by atoms with van der Waals surface area (Å²) in [6.07, 6.45) is 1.80. The molecule has 1 atom stereocenters. The smallest absolute Gasteiger partial charge is 0.168 e. The third kappa shape index (κ3) is 5.41. The molecule has 0 aliphatic heterocycles. The van der Waals surface area contributed by atoms with Gasteiger partial charge in [-0.25, -0.2) is 4.39 Å². The monoisotopic (exact) mass is 285 g/mol. The van der Waals surface area contributed by atoms with Gasteiger partial charge in [-0.05, 0) is 36.8 Å². The van der Waals surface area contributed by atoms with Crippen LogP contribution in [0.25, 0.3) is 0 Å². The molecule has 0 aliphatic carbocycles. The first-order valence-electron chi connectivity index (χ1n) is 6.85. The lowest BCUT2D eigenvalue weighted by molar-refractivity contribution is 0.383. The van der Waals surface area contributed by atoms with Gasteiger partial charge in [-0.1, -0.05) is 26.0 Å². The molecule has 0 amide bonds. The molecule has 1 rings (SSSR count). The Hall–Kier alpha value is -0.740. The van der Waals surface area contributed by atoms with Gasteiger partial charge in [0.05, 0.1) is 7.11 Å². The van der Waals surface area contributed by atoms with Gasteiger partial charge in [0.2, 0.25) is 0 Å². The second-order valence-electron chi connectivity index (χ2n) is 4.45. The van der Waals surface area contributed by atoms with Gasteiger partial charge >= 0.3 is 0 Å². The zero-order chi connectivity index (χ0) is 14.1. The average Bonchev–Trinajstić information content (AvgIpc) is 2.43. The predicted molar refractivity (Wildman–Crippen MR) is 81.7 cm³/mol. The van der Waals surface area contributed by atoms with Crippen LogP contribution in [0.5, 0.6) is 5.75 Å². The van der Waals surface area contributed by atoms with Crippen LogP contribution in [-0.4, -0.2) is 31.2 Å². The fraction of sp³-hybridized carbons (Fsp3) is 0.600. The largest absolute Gasteiger partial charge is 0.494 e. The number of nitrogens with one attached hydrogen (secondary N) is 1. The molecule has 1 aromatic carbocycles. The van der Waals surface area contributed by atoms with E-state index in [0.717, 1.165) is 30.0 Å². The van der Waals surface area contributed by atoms with Crippen LogP contribution in [0.15, 0.2) is 18.2 Å². The molecular formula is C15H24FNOS. The van der Waals surface area contributed by atoms with E-state index in [0.29, 0.717) is 18.2 Å². The van der Waals surface area contributed by atoms with Crippen molar-refractivity contribution in [2.24, 2.45) is 0 Å². The molecule has 19 heavy (non-hydrogen) atoms. The molecule has 1 unspecified atom stereocenters. The Bertz CT molecular complexity index is 365. The summed E-state index contributed by atoms with van der Waals surface area (Å²) in [7, 11) is 1.50. The van der Waals surface area contributed by atoms with Crippen molar-refractivity contribution in [3.05, 3.63) is 29.6 Å². The van der Waals surface area contributed by atoms with Crippen molar-refractivity contribution in [2.75, 3.05) is 25.2 Å². The first-order chi connectivity index (χ1) is 9.22. The summed E-state index contributed by atoms with van der Waals surface area (Å²) in [5, 5.41) is 3.49. The minimum Gasteiger partial charge on any atom is -0.494 e. The highest BCUT2D eigenvalue weighted by Crippen LogP contribution is 2.21. The molecule has 0 saturated heterocycles. The van der Waals surface area contributed by atoms with Gasteiger partial charge < -0.3 is 10.1 Å². The molecule has 2 nitrogen and oxygen atoms in total. The van der Waals surface area contributed by atoms with Crippen molar-refractivity contribution in [1.82, 2.24) is 5.32 Å². The Morgan fingerprint density at radius 2 is 2.16 bits per heavy atom. The van der Waals surface area contributed by atoms with Crippen LogP contribution in [0.2, 0.25) is 0 Å². The van der Waals surface area contributed by atoms with E-state index < -0.39 is 0 Å². The fourth-order valence-electron chi connectivity index (χ4n) is 1.94. The topological polar surface area (TPSA) is 21.3 Å². The van der Waals surface area contributed by atoms with E-state index in [9.17, 15) is 4.39 Å². The zero-order valence-corrected chi connectivity index (χ0v) is 12.9. The molecule has 108 valence electrons. The first kappa shape index (κ1) is 16.3. The second kappa shape index (κ2) is 9.21. The standard InChI is InChI=1S/C15H24FNOS/c1-4-9-17-13(11-19-5-2)10-12-7-6-8-14(18-3)15(12)16/h6-8,13,17H,4-5,9-11H2,1-3H3. The molecule has 0 saturated carbocycles. The van der Waals surface area contributed by atoms with Crippen LogP contribution in [0.4, 0.5) is 4.39 Å². The predicted octanol–water partition coefficient (Wildman–Crippen LogP) is 3.50. The highest BCUT2D eigenvalue weighted by atomic mass is 32.2. The lowest BCUT2D eigenvalue weighted by Crippen LogP contribution is -2.34. The van der Waals surface area contributed by atoms with E-state index in [2.05, 4.69) is 19.2 Å². The molecule has 0 spiro atoms. The summed E-state index contributed by atoms with van der Waals surface area (Å²) >= 11 is 1.89.